The monoisotopic (exact) mass is 394 g/mol. The Balaban J connectivity index is 1.64. The van der Waals surface area contributed by atoms with E-state index < -0.39 is 10.0 Å². The molecular formula is C22H22N2O3S. The summed E-state index contributed by atoms with van der Waals surface area (Å²) < 4.78 is 27.6. The highest BCUT2D eigenvalue weighted by molar-refractivity contribution is 7.92. The van der Waals surface area contributed by atoms with Gasteiger partial charge in [0.25, 0.3) is 15.9 Å². The number of anilines is 1. The number of rotatable bonds is 8. The van der Waals surface area contributed by atoms with Gasteiger partial charge in [-0.1, -0.05) is 60.7 Å². The minimum Gasteiger partial charge on any atom is -0.352 e. The van der Waals surface area contributed by atoms with Gasteiger partial charge in [0.2, 0.25) is 0 Å². The Morgan fingerprint density at radius 3 is 2.11 bits per heavy atom. The van der Waals surface area contributed by atoms with Gasteiger partial charge >= 0.3 is 0 Å². The predicted octanol–water partition coefficient (Wildman–Crippen LogP) is 3.85. The molecule has 6 heteroatoms. The maximum atomic E-state index is 12.6. The molecule has 3 rings (SSSR count). The van der Waals surface area contributed by atoms with Crippen LogP contribution in [-0.2, 0) is 16.4 Å². The summed E-state index contributed by atoms with van der Waals surface area (Å²) in [6, 6.07) is 24.7. The lowest BCUT2D eigenvalue weighted by molar-refractivity contribution is 0.0954. The van der Waals surface area contributed by atoms with Gasteiger partial charge in [-0.05, 0) is 42.7 Å². The highest BCUT2D eigenvalue weighted by Crippen LogP contribution is 2.20. The summed E-state index contributed by atoms with van der Waals surface area (Å²) in [7, 11) is -3.76. The van der Waals surface area contributed by atoms with Gasteiger partial charge in [0.05, 0.1) is 16.1 Å². The average molecular weight is 394 g/mol. The SMILES string of the molecule is O=C(NCCCc1ccccc1)c1ccccc1NS(=O)(=O)c1ccccc1. The molecular weight excluding hydrogens is 372 g/mol. The molecule has 3 aromatic rings. The van der Waals surface area contributed by atoms with Crippen molar-refractivity contribution in [3.05, 3.63) is 96.1 Å². The number of hydrogen-bond acceptors (Lipinski definition) is 3. The standard InChI is InChI=1S/C22H22N2O3S/c25-22(23-17-9-12-18-10-3-1-4-11-18)20-15-7-8-16-21(20)24-28(26,27)19-13-5-2-6-14-19/h1-8,10-11,13-16,24H,9,12,17H2,(H,23,25). The summed E-state index contributed by atoms with van der Waals surface area (Å²) in [5.41, 5.74) is 1.77. The van der Waals surface area contributed by atoms with Gasteiger partial charge in [0.15, 0.2) is 0 Å². The Kier molecular flexibility index (Phi) is 6.45. The smallest absolute Gasteiger partial charge is 0.261 e. The van der Waals surface area contributed by atoms with Gasteiger partial charge in [0, 0.05) is 6.54 Å². The number of sulfonamides is 1. The first-order valence-corrected chi connectivity index (χ1v) is 10.5. The lowest BCUT2D eigenvalue weighted by atomic mass is 10.1. The van der Waals surface area contributed by atoms with E-state index >= 15 is 0 Å². The second-order valence-corrected chi connectivity index (χ2v) is 7.99. The molecule has 0 atom stereocenters. The van der Waals surface area contributed by atoms with Crippen molar-refractivity contribution in [1.29, 1.82) is 0 Å². The molecule has 1 amide bonds. The molecule has 0 fully saturated rings. The Morgan fingerprint density at radius 1 is 0.786 bits per heavy atom. The summed E-state index contributed by atoms with van der Waals surface area (Å²) in [5, 5.41) is 2.86. The van der Waals surface area contributed by atoms with Gasteiger partial charge in [-0.2, -0.15) is 0 Å². The number of hydrogen-bond donors (Lipinski definition) is 2. The molecule has 0 spiro atoms. The predicted molar refractivity (Wildman–Crippen MR) is 111 cm³/mol. The molecule has 0 aromatic heterocycles. The average Bonchev–Trinajstić information content (AvgIpc) is 2.72. The van der Waals surface area contributed by atoms with Crippen molar-refractivity contribution in [2.75, 3.05) is 11.3 Å². The summed E-state index contributed by atoms with van der Waals surface area (Å²) in [6.45, 7) is 0.507. The van der Waals surface area contributed by atoms with Crippen LogP contribution in [0.15, 0.2) is 89.8 Å². The van der Waals surface area contributed by atoms with Crippen molar-refractivity contribution in [2.45, 2.75) is 17.7 Å². The van der Waals surface area contributed by atoms with E-state index in [1.807, 2.05) is 18.2 Å². The normalized spacial score (nSPS) is 11.0. The molecule has 0 bridgehead atoms. The topological polar surface area (TPSA) is 75.3 Å². The molecule has 0 unspecified atom stereocenters. The van der Waals surface area contributed by atoms with Crippen LogP contribution < -0.4 is 10.0 Å². The van der Waals surface area contributed by atoms with Crippen molar-refractivity contribution in [3.63, 3.8) is 0 Å². The Bertz CT molecular complexity index is 1020. The van der Waals surface area contributed by atoms with E-state index in [2.05, 4.69) is 22.2 Å². The zero-order valence-corrected chi connectivity index (χ0v) is 16.2. The Morgan fingerprint density at radius 2 is 1.39 bits per heavy atom. The highest BCUT2D eigenvalue weighted by Gasteiger charge is 2.18. The van der Waals surface area contributed by atoms with E-state index in [1.54, 1.807) is 42.5 Å². The fourth-order valence-electron chi connectivity index (χ4n) is 2.81. The summed E-state index contributed by atoms with van der Waals surface area (Å²) in [5.74, 6) is -0.306. The number of carbonyl (C=O) groups is 1. The van der Waals surface area contributed by atoms with Crippen LogP contribution in [0.4, 0.5) is 5.69 Å². The molecule has 0 aliphatic rings. The molecule has 2 N–H and O–H groups in total. The van der Waals surface area contributed by atoms with Gasteiger partial charge in [0.1, 0.15) is 0 Å². The third-order valence-electron chi connectivity index (χ3n) is 4.24. The van der Waals surface area contributed by atoms with Gasteiger partial charge in [-0.15, -0.1) is 0 Å². The summed E-state index contributed by atoms with van der Waals surface area (Å²) in [4.78, 5) is 12.7. The first kappa shape index (κ1) is 19.6. The third kappa shape index (κ3) is 5.20. The van der Waals surface area contributed by atoms with Crippen molar-refractivity contribution < 1.29 is 13.2 Å². The molecule has 0 aliphatic carbocycles. The largest absolute Gasteiger partial charge is 0.352 e. The first-order chi connectivity index (χ1) is 13.6. The fourth-order valence-corrected chi connectivity index (χ4v) is 3.91. The number of carbonyl (C=O) groups excluding carboxylic acids is 1. The first-order valence-electron chi connectivity index (χ1n) is 9.05. The lowest BCUT2D eigenvalue weighted by Gasteiger charge is -2.13. The van der Waals surface area contributed by atoms with Gasteiger partial charge < -0.3 is 5.32 Å². The maximum Gasteiger partial charge on any atom is 0.261 e. The van der Waals surface area contributed by atoms with Crippen LogP contribution in [0.1, 0.15) is 22.3 Å². The third-order valence-corrected chi connectivity index (χ3v) is 5.62. The van der Waals surface area contributed by atoms with E-state index in [9.17, 15) is 13.2 Å². The summed E-state index contributed by atoms with van der Waals surface area (Å²) in [6.07, 6.45) is 1.66. The number of nitrogens with one attached hydrogen (secondary N) is 2. The summed E-state index contributed by atoms with van der Waals surface area (Å²) >= 11 is 0. The molecule has 0 radical (unpaired) electrons. The molecule has 0 saturated heterocycles. The maximum absolute atomic E-state index is 12.6. The van der Waals surface area contributed by atoms with Crippen LogP contribution in [0.5, 0.6) is 0 Å². The molecule has 0 heterocycles. The number of aryl methyl sites for hydroxylation is 1. The number of para-hydroxylation sites is 1. The minimum atomic E-state index is -3.76. The quantitative estimate of drug-likeness (QED) is 0.570. The van der Waals surface area contributed by atoms with Crippen molar-refractivity contribution in [3.8, 4) is 0 Å². The second kappa shape index (κ2) is 9.19. The lowest BCUT2D eigenvalue weighted by Crippen LogP contribution is -2.26. The van der Waals surface area contributed by atoms with Crippen molar-refractivity contribution in [1.82, 2.24) is 5.32 Å². The Hall–Kier alpha value is -3.12. The van der Waals surface area contributed by atoms with E-state index in [-0.39, 0.29) is 16.5 Å². The van der Waals surface area contributed by atoms with Crippen LogP contribution in [-0.4, -0.2) is 20.9 Å². The molecule has 28 heavy (non-hydrogen) atoms. The van der Waals surface area contributed by atoms with Crippen molar-refractivity contribution >= 4 is 21.6 Å². The van der Waals surface area contributed by atoms with E-state index in [4.69, 9.17) is 0 Å². The van der Waals surface area contributed by atoms with E-state index in [0.717, 1.165) is 12.8 Å². The van der Waals surface area contributed by atoms with Crippen molar-refractivity contribution in [2.24, 2.45) is 0 Å². The van der Waals surface area contributed by atoms with Gasteiger partial charge in [-0.25, -0.2) is 8.42 Å². The molecule has 144 valence electrons. The van der Waals surface area contributed by atoms with Crippen LogP contribution in [0.3, 0.4) is 0 Å². The minimum absolute atomic E-state index is 0.146. The second-order valence-electron chi connectivity index (χ2n) is 6.31. The Labute approximate surface area is 165 Å². The van der Waals surface area contributed by atoms with E-state index in [1.165, 1.54) is 17.7 Å². The van der Waals surface area contributed by atoms with Crippen LogP contribution in [0.2, 0.25) is 0 Å². The molecule has 3 aromatic carbocycles. The molecule has 0 aliphatic heterocycles. The fraction of sp³-hybridized carbons (Fsp3) is 0.136. The van der Waals surface area contributed by atoms with E-state index in [0.29, 0.717) is 12.1 Å². The van der Waals surface area contributed by atoms with Gasteiger partial charge in [-0.3, -0.25) is 9.52 Å². The molecule has 0 saturated carbocycles. The number of amides is 1. The zero-order valence-electron chi connectivity index (χ0n) is 15.3. The van der Waals surface area contributed by atoms with Crippen LogP contribution in [0.25, 0.3) is 0 Å². The number of benzene rings is 3. The zero-order chi connectivity index (χ0) is 19.8. The highest BCUT2D eigenvalue weighted by atomic mass is 32.2. The van der Waals surface area contributed by atoms with Crippen LogP contribution in [0, 0.1) is 0 Å². The molecule has 5 nitrogen and oxygen atoms in total. The van der Waals surface area contributed by atoms with Crippen LogP contribution >= 0.6 is 0 Å².